The van der Waals surface area contributed by atoms with Crippen molar-refractivity contribution in [1.82, 2.24) is 9.80 Å². The fourth-order valence-electron chi connectivity index (χ4n) is 3.50. The summed E-state index contributed by atoms with van der Waals surface area (Å²) in [7, 11) is -4.03. The molecule has 8 nitrogen and oxygen atoms in total. The normalized spacial score (nSPS) is 18.2. The molecule has 0 bridgehead atoms. The van der Waals surface area contributed by atoms with Crippen molar-refractivity contribution in [2.24, 2.45) is 0 Å². The third kappa shape index (κ3) is 5.72. The third-order valence-electron chi connectivity index (χ3n) is 5.08. The van der Waals surface area contributed by atoms with Crippen molar-refractivity contribution in [2.45, 2.75) is 25.2 Å². The summed E-state index contributed by atoms with van der Waals surface area (Å²) in [5, 5.41) is 1.09. The van der Waals surface area contributed by atoms with Gasteiger partial charge in [-0.2, -0.15) is 8.42 Å². The van der Waals surface area contributed by atoms with E-state index in [0.29, 0.717) is 19.6 Å². The molecule has 0 atom stereocenters. The SMILES string of the molecule is CCN1C(=O)C(=C/C=C/C=C2/Sc3ccccc3N2CCCS(=O)(=O)O)C(=O)N(CC)C1=S. The number of benzene rings is 1. The summed E-state index contributed by atoms with van der Waals surface area (Å²) < 4.78 is 31.2. The highest BCUT2D eigenvalue weighted by Gasteiger charge is 2.37. The first kappa shape index (κ1) is 25.2. The van der Waals surface area contributed by atoms with Crippen molar-refractivity contribution in [3.05, 3.63) is 59.2 Å². The molecule has 0 radical (unpaired) electrons. The molecule has 2 aliphatic heterocycles. The highest BCUT2D eigenvalue weighted by Crippen LogP contribution is 2.45. The molecule has 2 amide bonds. The van der Waals surface area contributed by atoms with Gasteiger partial charge in [0.25, 0.3) is 21.9 Å². The van der Waals surface area contributed by atoms with Crippen LogP contribution in [-0.2, 0) is 19.7 Å². The number of thiocarbonyl (C=S) groups is 1. The lowest BCUT2D eigenvalue weighted by Gasteiger charge is -2.35. The lowest BCUT2D eigenvalue weighted by molar-refractivity contribution is -0.133. The van der Waals surface area contributed by atoms with Crippen LogP contribution in [0.3, 0.4) is 0 Å². The fourth-order valence-corrected chi connectivity index (χ4v) is 5.52. The van der Waals surface area contributed by atoms with Gasteiger partial charge in [-0.05, 0) is 56.8 Å². The molecular weight excluding hydrogens is 482 g/mol. The Kier molecular flexibility index (Phi) is 8.11. The van der Waals surface area contributed by atoms with Gasteiger partial charge in [-0.3, -0.25) is 23.9 Å². The van der Waals surface area contributed by atoms with Crippen molar-refractivity contribution < 1.29 is 22.6 Å². The Morgan fingerprint density at radius 1 is 1.00 bits per heavy atom. The summed E-state index contributed by atoms with van der Waals surface area (Å²) in [6.45, 7) is 4.77. The maximum Gasteiger partial charge on any atom is 0.265 e. The van der Waals surface area contributed by atoms with Crippen molar-refractivity contribution in [1.29, 1.82) is 0 Å². The lowest BCUT2D eigenvalue weighted by Crippen LogP contribution is -2.55. The van der Waals surface area contributed by atoms with Gasteiger partial charge in [0.15, 0.2) is 5.11 Å². The first-order valence-corrected chi connectivity index (χ1v) is 13.3. The number of thioether (sulfide) groups is 1. The van der Waals surface area contributed by atoms with E-state index in [1.54, 1.807) is 26.0 Å². The number of likely N-dealkylation sites (N-methyl/N-ethyl adjacent to an activating group) is 2. The van der Waals surface area contributed by atoms with E-state index in [1.807, 2.05) is 35.2 Å². The number of carbonyl (C=O) groups excluding carboxylic acids is 2. The monoisotopic (exact) mass is 507 g/mol. The molecule has 0 aromatic heterocycles. The molecule has 0 unspecified atom stereocenters. The van der Waals surface area contributed by atoms with E-state index in [4.69, 9.17) is 16.8 Å². The molecule has 1 saturated heterocycles. The predicted molar refractivity (Wildman–Crippen MR) is 133 cm³/mol. The molecule has 11 heteroatoms. The number of hydrogen-bond donors (Lipinski definition) is 1. The Hall–Kier alpha value is -2.47. The summed E-state index contributed by atoms with van der Waals surface area (Å²) in [5.74, 6) is -1.15. The average molecular weight is 508 g/mol. The second kappa shape index (κ2) is 10.6. The van der Waals surface area contributed by atoms with E-state index in [2.05, 4.69) is 0 Å². The van der Waals surface area contributed by atoms with E-state index >= 15 is 0 Å². The number of para-hydroxylation sites is 1. The largest absolute Gasteiger partial charge is 0.335 e. The number of nitrogens with zero attached hydrogens (tertiary/aromatic N) is 3. The van der Waals surface area contributed by atoms with Crippen LogP contribution in [0.1, 0.15) is 20.3 Å². The number of carbonyl (C=O) groups is 2. The third-order valence-corrected chi connectivity index (χ3v) is 7.45. The van der Waals surface area contributed by atoms with Crippen LogP contribution >= 0.6 is 24.0 Å². The van der Waals surface area contributed by atoms with Gasteiger partial charge >= 0.3 is 0 Å². The summed E-state index contributed by atoms with van der Waals surface area (Å²) >= 11 is 6.79. The number of allylic oxidation sites excluding steroid dienone is 4. The van der Waals surface area contributed by atoms with Crippen LogP contribution in [0.2, 0.25) is 0 Å². The van der Waals surface area contributed by atoms with Crippen LogP contribution in [0, 0.1) is 0 Å². The molecule has 0 aliphatic carbocycles. The number of hydrogen-bond acceptors (Lipinski definition) is 7. The quantitative estimate of drug-likeness (QED) is 0.248. The maximum absolute atomic E-state index is 12.7. The second-order valence-corrected chi connectivity index (χ2v) is 10.2. The Balaban J connectivity index is 1.81. The first-order valence-electron chi connectivity index (χ1n) is 10.4. The number of fused-ring (bicyclic) bond motifs is 1. The minimum Gasteiger partial charge on any atom is -0.335 e. The molecule has 1 aromatic rings. The van der Waals surface area contributed by atoms with Crippen molar-refractivity contribution >= 4 is 56.7 Å². The molecule has 1 N–H and O–H groups in total. The first-order chi connectivity index (χ1) is 15.7. The molecule has 33 heavy (non-hydrogen) atoms. The van der Waals surface area contributed by atoms with Crippen molar-refractivity contribution in [3.8, 4) is 0 Å². The lowest BCUT2D eigenvalue weighted by atomic mass is 10.1. The zero-order valence-corrected chi connectivity index (χ0v) is 20.8. The highest BCUT2D eigenvalue weighted by atomic mass is 32.2. The van der Waals surface area contributed by atoms with Crippen molar-refractivity contribution in [2.75, 3.05) is 30.3 Å². The number of amides is 2. The minimum atomic E-state index is -4.03. The molecule has 3 rings (SSSR count). The van der Waals surface area contributed by atoms with Gasteiger partial charge < -0.3 is 4.90 Å². The molecule has 0 spiro atoms. The Bertz CT molecular complexity index is 1130. The minimum absolute atomic E-state index is 0.0503. The van der Waals surface area contributed by atoms with Crippen LogP contribution in [0.25, 0.3) is 0 Å². The van der Waals surface area contributed by atoms with E-state index < -0.39 is 21.9 Å². The zero-order chi connectivity index (χ0) is 24.2. The van der Waals surface area contributed by atoms with Gasteiger partial charge in [0.2, 0.25) is 0 Å². The van der Waals surface area contributed by atoms with E-state index in [0.717, 1.165) is 15.6 Å². The topological polar surface area (TPSA) is 98.2 Å². The van der Waals surface area contributed by atoms with E-state index in [9.17, 15) is 18.0 Å². The van der Waals surface area contributed by atoms with Crippen LogP contribution in [0.4, 0.5) is 5.69 Å². The van der Waals surface area contributed by atoms with E-state index in [1.165, 1.54) is 27.6 Å². The second-order valence-electron chi connectivity index (χ2n) is 7.21. The van der Waals surface area contributed by atoms with Crippen LogP contribution in [0.15, 0.2) is 64.1 Å². The molecule has 2 aliphatic rings. The number of anilines is 1. The summed E-state index contributed by atoms with van der Waals surface area (Å²) in [4.78, 5) is 31.2. The summed E-state index contributed by atoms with van der Waals surface area (Å²) in [6.07, 6.45) is 6.96. The van der Waals surface area contributed by atoms with Gasteiger partial charge in [0.1, 0.15) is 5.57 Å². The molecular formula is C22H25N3O5S3. The number of rotatable bonds is 8. The summed E-state index contributed by atoms with van der Waals surface area (Å²) in [6, 6.07) is 7.75. The van der Waals surface area contributed by atoms with Crippen LogP contribution in [0.5, 0.6) is 0 Å². The van der Waals surface area contributed by atoms with Gasteiger partial charge in [-0.15, -0.1) is 0 Å². The zero-order valence-electron chi connectivity index (χ0n) is 18.3. The van der Waals surface area contributed by atoms with Gasteiger partial charge in [0.05, 0.1) is 16.5 Å². The summed E-state index contributed by atoms with van der Waals surface area (Å²) in [5.41, 5.74) is 1.01. The molecule has 0 saturated carbocycles. The average Bonchev–Trinajstić information content (AvgIpc) is 3.10. The standard InChI is InChI=1S/C22H25N3O5S3/c1-3-23-20(26)16(21(27)24(4-2)22(23)31)10-5-8-13-19-25(14-9-15-33(28,29)30)17-11-6-7-12-18(17)32-19/h5-8,10-13H,3-4,9,14-15H2,1-2H3,(H,28,29,30)/b8-5+,19-13+. The van der Waals surface area contributed by atoms with Crippen LogP contribution < -0.4 is 4.90 Å². The predicted octanol–water partition coefficient (Wildman–Crippen LogP) is 3.20. The Morgan fingerprint density at radius 3 is 2.21 bits per heavy atom. The van der Waals surface area contributed by atoms with Gasteiger partial charge in [0, 0.05) is 24.5 Å². The molecule has 1 aromatic carbocycles. The van der Waals surface area contributed by atoms with Crippen LogP contribution in [-0.4, -0.2) is 65.1 Å². The smallest absolute Gasteiger partial charge is 0.265 e. The Labute approximate surface area is 203 Å². The molecule has 1 fully saturated rings. The molecule has 176 valence electrons. The fraction of sp³-hybridized carbons (Fsp3) is 0.318. The van der Waals surface area contributed by atoms with Gasteiger partial charge in [-0.25, -0.2) is 0 Å². The maximum atomic E-state index is 12.7. The van der Waals surface area contributed by atoms with Gasteiger partial charge in [-0.1, -0.05) is 36.0 Å². The highest BCUT2D eigenvalue weighted by molar-refractivity contribution is 8.03. The molecule has 2 heterocycles. The van der Waals surface area contributed by atoms with Crippen molar-refractivity contribution in [3.63, 3.8) is 0 Å². The van der Waals surface area contributed by atoms with E-state index in [-0.39, 0.29) is 22.9 Å². The Morgan fingerprint density at radius 2 is 1.61 bits per heavy atom.